The molecule has 0 aliphatic heterocycles. The molecule has 0 amide bonds. The van der Waals surface area contributed by atoms with Gasteiger partial charge in [-0.1, -0.05) is 60.1 Å². The summed E-state index contributed by atoms with van der Waals surface area (Å²) in [5, 5.41) is 1.59. The number of allylic oxidation sites excluding steroid dienone is 4. The van der Waals surface area contributed by atoms with E-state index in [0.717, 1.165) is 6.42 Å². The molecule has 0 nitrogen and oxygen atoms in total. The van der Waals surface area contributed by atoms with Gasteiger partial charge in [0.25, 0.3) is 0 Å². The van der Waals surface area contributed by atoms with E-state index in [1.165, 1.54) is 0 Å². The molecule has 1 aliphatic rings. The van der Waals surface area contributed by atoms with Crippen LogP contribution in [0.15, 0.2) is 16.3 Å². The molecule has 0 saturated heterocycles. The maximum absolute atomic E-state index is 3.67. The average Bonchev–Trinajstić information content (AvgIpc) is 2.43. The summed E-state index contributed by atoms with van der Waals surface area (Å²) in [6.07, 6.45) is 4.74. The fraction of sp³-hybridized carbons (Fsp3) is 0.733. The van der Waals surface area contributed by atoms with Crippen LogP contribution in [0.5, 0.6) is 0 Å². The molecule has 1 radical (unpaired) electrons. The molecular weight excluding hydrogens is 327 g/mol. The van der Waals surface area contributed by atoms with E-state index < -0.39 is 8.80 Å². The fourth-order valence-electron chi connectivity index (χ4n) is 2.51. The molecule has 0 spiro atoms. The maximum Gasteiger partial charge on any atom is 3.00 e. The van der Waals surface area contributed by atoms with Crippen molar-refractivity contribution in [3.05, 3.63) is 22.4 Å². The van der Waals surface area contributed by atoms with E-state index in [9.17, 15) is 0 Å². The molecule has 4 heteroatoms. The van der Waals surface area contributed by atoms with Gasteiger partial charge in [-0.25, -0.2) is 5.20 Å². The van der Waals surface area contributed by atoms with E-state index in [0.29, 0.717) is 5.41 Å². The summed E-state index contributed by atoms with van der Waals surface area (Å²) in [4.78, 5) is 0. The Morgan fingerprint density at radius 1 is 0.895 bits per heavy atom. The van der Waals surface area contributed by atoms with Crippen molar-refractivity contribution >= 4 is 8.80 Å². The summed E-state index contributed by atoms with van der Waals surface area (Å²) in [5.74, 6) is 0. The Morgan fingerprint density at radius 3 is 1.58 bits per heavy atom. The SMILES string of the molecule is C[SiH](C)C1=[C-]CC(C(C)(C)C)=C1C(C)(C)C.[Cl-].[Cl-].[Ti+3]. The minimum absolute atomic E-state index is 0. The van der Waals surface area contributed by atoms with Crippen molar-refractivity contribution in [2.45, 2.75) is 61.1 Å². The van der Waals surface area contributed by atoms with Gasteiger partial charge in [0.05, 0.1) is 0 Å². The first-order valence-corrected chi connectivity index (χ1v) is 9.29. The molecule has 0 bridgehead atoms. The summed E-state index contributed by atoms with van der Waals surface area (Å²) in [6.45, 7) is 18.9. The van der Waals surface area contributed by atoms with Gasteiger partial charge in [0, 0.05) is 8.80 Å². The zero-order valence-corrected chi connectivity index (χ0v) is 17.8. The molecule has 1 rings (SSSR count). The second-order valence-corrected chi connectivity index (χ2v) is 10.2. The summed E-state index contributed by atoms with van der Waals surface area (Å²) < 4.78 is 0. The minimum atomic E-state index is -0.743. The molecular formula is C15H27Cl2SiTi. The quantitative estimate of drug-likeness (QED) is 0.399. The van der Waals surface area contributed by atoms with Crippen molar-refractivity contribution in [2.24, 2.45) is 10.8 Å². The van der Waals surface area contributed by atoms with Gasteiger partial charge in [-0.05, 0) is 5.41 Å². The predicted molar refractivity (Wildman–Crippen MR) is 76.2 cm³/mol. The maximum atomic E-state index is 3.67. The summed E-state index contributed by atoms with van der Waals surface area (Å²) in [5.41, 5.74) is 3.82. The van der Waals surface area contributed by atoms with Crippen molar-refractivity contribution in [3.8, 4) is 0 Å². The average molecular weight is 354 g/mol. The number of hydrogen-bond acceptors (Lipinski definition) is 0. The number of halogens is 2. The predicted octanol–water partition coefficient (Wildman–Crippen LogP) is -1.46. The summed E-state index contributed by atoms with van der Waals surface area (Å²) >= 11 is 0. The topological polar surface area (TPSA) is 0 Å². The van der Waals surface area contributed by atoms with Crippen LogP contribution in [-0.4, -0.2) is 8.80 Å². The Labute approximate surface area is 149 Å². The largest absolute Gasteiger partial charge is 3.00 e. The van der Waals surface area contributed by atoms with Crippen molar-refractivity contribution in [2.75, 3.05) is 0 Å². The van der Waals surface area contributed by atoms with Crippen LogP contribution in [0.3, 0.4) is 0 Å². The molecule has 19 heavy (non-hydrogen) atoms. The molecule has 0 unspecified atom stereocenters. The first kappa shape index (κ1) is 25.0. The van der Waals surface area contributed by atoms with Gasteiger partial charge in [-0.3, -0.25) is 6.08 Å². The van der Waals surface area contributed by atoms with E-state index in [1.807, 2.05) is 0 Å². The second kappa shape index (κ2) is 8.44. The van der Waals surface area contributed by atoms with E-state index in [2.05, 4.69) is 60.7 Å². The molecule has 0 aromatic carbocycles. The van der Waals surface area contributed by atoms with E-state index >= 15 is 0 Å². The van der Waals surface area contributed by atoms with E-state index in [4.69, 9.17) is 0 Å². The Kier molecular flexibility index (Phi) is 11.1. The third-order valence-electron chi connectivity index (χ3n) is 3.26. The monoisotopic (exact) mass is 353 g/mol. The van der Waals surface area contributed by atoms with Gasteiger partial charge in [-0.2, -0.15) is 11.1 Å². The Balaban J connectivity index is -0.000000853. The van der Waals surface area contributed by atoms with Crippen LogP contribution >= 0.6 is 0 Å². The van der Waals surface area contributed by atoms with Crippen LogP contribution < -0.4 is 24.8 Å². The normalized spacial score (nSPS) is 15.5. The molecule has 0 N–H and O–H groups in total. The first-order valence-electron chi connectivity index (χ1n) is 6.40. The van der Waals surface area contributed by atoms with Gasteiger partial charge in [0.1, 0.15) is 0 Å². The van der Waals surface area contributed by atoms with Gasteiger partial charge in [0.15, 0.2) is 0 Å². The van der Waals surface area contributed by atoms with Crippen molar-refractivity contribution in [3.63, 3.8) is 0 Å². The van der Waals surface area contributed by atoms with Crippen molar-refractivity contribution in [1.82, 2.24) is 0 Å². The zero-order chi connectivity index (χ0) is 12.7. The second-order valence-electron chi connectivity index (χ2n) is 7.28. The summed E-state index contributed by atoms with van der Waals surface area (Å²) in [6, 6.07) is 0. The van der Waals surface area contributed by atoms with Gasteiger partial charge in [0.2, 0.25) is 0 Å². The van der Waals surface area contributed by atoms with Crippen LogP contribution in [0.4, 0.5) is 0 Å². The zero-order valence-electron chi connectivity index (χ0n) is 13.5. The molecule has 0 fully saturated rings. The van der Waals surface area contributed by atoms with E-state index in [1.54, 1.807) is 16.3 Å². The Morgan fingerprint density at radius 2 is 1.32 bits per heavy atom. The van der Waals surface area contributed by atoms with Crippen LogP contribution in [0.1, 0.15) is 48.0 Å². The minimum Gasteiger partial charge on any atom is -1.00 e. The van der Waals surface area contributed by atoms with Crippen molar-refractivity contribution < 1.29 is 46.5 Å². The van der Waals surface area contributed by atoms with Gasteiger partial charge < -0.3 is 24.8 Å². The standard InChI is InChI=1S/C15H27Si.2ClH.Ti/c1-14(2,3)11-9-10-12(16(7)8)13(11)15(4,5)6;;;/h16H,9H2,1-8H3;2*1H;/q-1;;;+3/p-2. The van der Waals surface area contributed by atoms with Crippen LogP contribution in [0.2, 0.25) is 13.1 Å². The smallest absolute Gasteiger partial charge is 1.00 e. The number of rotatable bonds is 1. The molecule has 109 valence electrons. The molecule has 1 aliphatic carbocycles. The van der Waals surface area contributed by atoms with Crippen LogP contribution in [-0.2, 0) is 21.7 Å². The molecule has 0 aromatic heterocycles. The fourth-order valence-corrected chi connectivity index (χ4v) is 4.21. The Hall–Kier alpha value is 0.991. The summed E-state index contributed by atoms with van der Waals surface area (Å²) in [7, 11) is -0.743. The van der Waals surface area contributed by atoms with E-state index in [-0.39, 0.29) is 51.9 Å². The van der Waals surface area contributed by atoms with Crippen LogP contribution in [0.25, 0.3) is 0 Å². The molecule has 0 aromatic rings. The third-order valence-corrected chi connectivity index (χ3v) is 4.91. The van der Waals surface area contributed by atoms with Crippen molar-refractivity contribution in [1.29, 1.82) is 0 Å². The third kappa shape index (κ3) is 6.10. The Bertz CT molecular complexity index is 344. The number of hydrogen-bond donors (Lipinski definition) is 0. The molecule has 0 heterocycles. The molecule has 0 saturated carbocycles. The van der Waals surface area contributed by atoms with Crippen LogP contribution in [0, 0.1) is 16.9 Å². The first-order chi connectivity index (χ1) is 7.05. The van der Waals surface area contributed by atoms with Gasteiger partial charge in [-0.15, -0.1) is 6.42 Å². The molecule has 0 atom stereocenters. The van der Waals surface area contributed by atoms with Gasteiger partial charge >= 0.3 is 21.7 Å².